The van der Waals surface area contributed by atoms with Gasteiger partial charge in [0, 0.05) is 9.75 Å². The SMILES string of the molecule is CCCCCCOc1ccc(-c2ccc(-c3ccc(CCCCCC)cc3)s2)cc1. The van der Waals surface area contributed by atoms with Crippen molar-refractivity contribution in [1.82, 2.24) is 0 Å². The number of hydrogen-bond acceptors (Lipinski definition) is 2. The summed E-state index contributed by atoms with van der Waals surface area (Å²) in [4.78, 5) is 2.64. The second-order valence-electron chi connectivity index (χ2n) is 8.10. The van der Waals surface area contributed by atoms with Crippen molar-refractivity contribution in [2.45, 2.75) is 71.6 Å². The van der Waals surface area contributed by atoms with Crippen LogP contribution in [0.4, 0.5) is 0 Å². The molecular formula is C28H36OS. The average molecular weight is 421 g/mol. The van der Waals surface area contributed by atoms with Crippen molar-refractivity contribution in [2.75, 3.05) is 6.61 Å². The molecule has 0 amide bonds. The standard InChI is InChI=1S/C28H36OS/c1-3-5-7-9-11-23-12-14-24(15-13-23)27-20-21-28(30-27)25-16-18-26(19-17-25)29-22-10-8-6-4-2/h12-21H,3-11,22H2,1-2H3. The van der Waals surface area contributed by atoms with Gasteiger partial charge in [-0.2, -0.15) is 0 Å². The van der Waals surface area contributed by atoms with Crippen LogP contribution in [0.25, 0.3) is 20.9 Å². The van der Waals surface area contributed by atoms with E-state index in [-0.39, 0.29) is 0 Å². The second-order valence-corrected chi connectivity index (χ2v) is 9.19. The molecule has 3 aromatic rings. The van der Waals surface area contributed by atoms with Gasteiger partial charge >= 0.3 is 0 Å². The molecule has 160 valence electrons. The first-order valence-electron chi connectivity index (χ1n) is 11.7. The van der Waals surface area contributed by atoms with Gasteiger partial charge in [-0.3, -0.25) is 0 Å². The first kappa shape index (κ1) is 22.6. The Morgan fingerprint density at radius 3 is 1.77 bits per heavy atom. The molecule has 0 aliphatic carbocycles. The van der Waals surface area contributed by atoms with Gasteiger partial charge < -0.3 is 4.74 Å². The Hall–Kier alpha value is -2.06. The second kappa shape index (κ2) is 12.6. The normalized spacial score (nSPS) is 11.0. The lowest BCUT2D eigenvalue weighted by atomic mass is 10.0. The zero-order valence-electron chi connectivity index (χ0n) is 18.7. The summed E-state index contributed by atoms with van der Waals surface area (Å²) >= 11 is 1.86. The lowest BCUT2D eigenvalue weighted by molar-refractivity contribution is 0.305. The molecule has 30 heavy (non-hydrogen) atoms. The number of benzene rings is 2. The largest absolute Gasteiger partial charge is 0.494 e. The zero-order chi connectivity index (χ0) is 21.0. The Labute approximate surface area is 187 Å². The molecule has 0 unspecified atom stereocenters. The quantitative estimate of drug-likeness (QED) is 0.250. The Kier molecular flexibility index (Phi) is 9.50. The number of ether oxygens (including phenoxy) is 1. The van der Waals surface area contributed by atoms with E-state index < -0.39 is 0 Å². The molecular weight excluding hydrogens is 384 g/mol. The summed E-state index contributed by atoms with van der Waals surface area (Å²) in [6.45, 7) is 5.32. The fourth-order valence-corrected chi connectivity index (χ4v) is 4.69. The van der Waals surface area contributed by atoms with E-state index in [1.807, 2.05) is 11.3 Å². The molecule has 3 rings (SSSR count). The van der Waals surface area contributed by atoms with Crippen LogP contribution in [-0.2, 0) is 6.42 Å². The molecule has 1 aromatic heterocycles. The summed E-state index contributed by atoms with van der Waals surface area (Å²) in [5.74, 6) is 0.974. The summed E-state index contributed by atoms with van der Waals surface area (Å²) in [5, 5.41) is 0. The highest BCUT2D eigenvalue weighted by molar-refractivity contribution is 7.18. The van der Waals surface area contributed by atoms with Crippen LogP contribution in [0.5, 0.6) is 5.75 Å². The summed E-state index contributed by atoms with van der Waals surface area (Å²) in [6.07, 6.45) is 11.4. The van der Waals surface area contributed by atoms with Crippen molar-refractivity contribution in [3.63, 3.8) is 0 Å². The van der Waals surface area contributed by atoms with E-state index in [0.29, 0.717) is 0 Å². The molecule has 0 fully saturated rings. The number of rotatable bonds is 13. The summed E-state index contributed by atoms with van der Waals surface area (Å²) in [6, 6.07) is 22.2. The monoisotopic (exact) mass is 420 g/mol. The molecule has 0 spiro atoms. The maximum atomic E-state index is 5.87. The molecule has 1 nitrogen and oxygen atoms in total. The van der Waals surface area contributed by atoms with Gasteiger partial charge in [-0.05, 0) is 72.4 Å². The minimum Gasteiger partial charge on any atom is -0.494 e. The van der Waals surface area contributed by atoms with Gasteiger partial charge in [0.2, 0.25) is 0 Å². The third kappa shape index (κ3) is 7.02. The first-order chi connectivity index (χ1) is 14.8. The highest BCUT2D eigenvalue weighted by Gasteiger charge is 2.06. The van der Waals surface area contributed by atoms with Crippen LogP contribution in [0.2, 0.25) is 0 Å². The van der Waals surface area contributed by atoms with Crippen LogP contribution in [0.3, 0.4) is 0 Å². The lowest BCUT2D eigenvalue weighted by Crippen LogP contribution is -1.96. The van der Waals surface area contributed by atoms with E-state index in [0.717, 1.165) is 18.8 Å². The predicted molar refractivity (Wildman–Crippen MR) is 133 cm³/mol. The number of thiophene rings is 1. The van der Waals surface area contributed by atoms with Gasteiger partial charge in [0.15, 0.2) is 0 Å². The molecule has 0 atom stereocenters. The zero-order valence-corrected chi connectivity index (χ0v) is 19.5. The predicted octanol–water partition coefficient (Wildman–Crippen LogP) is 9.16. The smallest absolute Gasteiger partial charge is 0.119 e. The number of hydrogen-bond donors (Lipinski definition) is 0. The van der Waals surface area contributed by atoms with Gasteiger partial charge in [0.25, 0.3) is 0 Å². The van der Waals surface area contributed by atoms with Crippen LogP contribution < -0.4 is 4.74 Å². The third-order valence-corrected chi connectivity index (χ3v) is 6.75. The van der Waals surface area contributed by atoms with Crippen molar-refractivity contribution >= 4 is 11.3 Å². The molecule has 0 N–H and O–H groups in total. The van der Waals surface area contributed by atoms with Crippen molar-refractivity contribution in [2.24, 2.45) is 0 Å². The first-order valence-corrected chi connectivity index (χ1v) is 12.5. The minimum absolute atomic E-state index is 0.817. The fraction of sp³-hybridized carbons (Fsp3) is 0.429. The molecule has 2 aromatic carbocycles. The van der Waals surface area contributed by atoms with E-state index in [2.05, 4.69) is 74.5 Å². The van der Waals surface area contributed by atoms with Gasteiger partial charge in [0.1, 0.15) is 5.75 Å². The molecule has 2 heteroatoms. The van der Waals surface area contributed by atoms with Gasteiger partial charge in [-0.15, -0.1) is 11.3 Å². The van der Waals surface area contributed by atoms with Crippen molar-refractivity contribution in [1.29, 1.82) is 0 Å². The maximum Gasteiger partial charge on any atom is 0.119 e. The fourth-order valence-electron chi connectivity index (χ4n) is 3.67. The van der Waals surface area contributed by atoms with Crippen molar-refractivity contribution < 1.29 is 4.74 Å². The van der Waals surface area contributed by atoms with Gasteiger partial charge in [0.05, 0.1) is 6.61 Å². The van der Waals surface area contributed by atoms with Crippen LogP contribution in [0.1, 0.15) is 70.8 Å². The van der Waals surface area contributed by atoms with E-state index in [9.17, 15) is 0 Å². The summed E-state index contributed by atoms with van der Waals surface area (Å²) in [7, 11) is 0. The van der Waals surface area contributed by atoms with E-state index in [4.69, 9.17) is 4.74 Å². The highest BCUT2D eigenvalue weighted by Crippen LogP contribution is 2.35. The summed E-state index contributed by atoms with van der Waals surface area (Å²) < 4.78 is 5.87. The van der Waals surface area contributed by atoms with Gasteiger partial charge in [-0.25, -0.2) is 0 Å². The molecule has 0 aliphatic rings. The Balaban J connectivity index is 1.54. The Bertz CT molecular complexity index is 845. The average Bonchev–Trinajstić information content (AvgIpc) is 3.28. The molecule has 0 bridgehead atoms. The molecule has 0 radical (unpaired) electrons. The highest BCUT2D eigenvalue weighted by atomic mass is 32.1. The van der Waals surface area contributed by atoms with Crippen LogP contribution in [0.15, 0.2) is 60.7 Å². The molecule has 0 saturated heterocycles. The van der Waals surface area contributed by atoms with E-state index in [1.54, 1.807) is 0 Å². The minimum atomic E-state index is 0.817. The molecule has 1 heterocycles. The van der Waals surface area contributed by atoms with Crippen LogP contribution in [0, 0.1) is 0 Å². The lowest BCUT2D eigenvalue weighted by Gasteiger charge is -2.06. The maximum absolute atomic E-state index is 5.87. The van der Waals surface area contributed by atoms with E-state index in [1.165, 1.54) is 77.8 Å². The number of unbranched alkanes of at least 4 members (excludes halogenated alkanes) is 6. The Morgan fingerprint density at radius 1 is 0.600 bits per heavy atom. The third-order valence-electron chi connectivity index (χ3n) is 5.57. The summed E-state index contributed by atoms with van der Waals surface area (Å²) in [5.41, 5.74) is 4.03. The van der Waals surface area contributed by atoms with Crippen molar-refractivity contribution in [3.8, 4) is 26.6 Å². The van der Waals surface area contributed by atoms with Crippen LogP contribution >= 0.6 is 11.3 Å². The Morgan fingerprint density at radius 2 is 1.17 bits per heavy atom. The van der Waals surface area contributed by atoms with Crippen molar-refractivity contribution in [3.05, 3.63) is 66.2 Å². The van der Waals surface area contributed by atoms with Crippen LogP contribution in [-0.4, -0.2) is 6.61 Å². The van der Waals surface area contributed by atoms with Gasteiger partial charge in [-0.1, -0.05) is 76.6 Å². The van der Waals surface area contributed by atoms with E-state index >= 15 is 0 Å². The molecule has 0 aliphatic heterocycles. The number of aryl methyl sites for hydroxylation is 1. The molecule has 0 saturated carbocycles. The topological polar surface area (TPSA) is 9.23 Å².